The number of likely N-dealkylation sites (tertiary alicyclic amines) is 1. The van der Waals surface area contributed by atoms with Crippen molar-refractivity contribution in [1.29, 1.82) is 0 Å². The average molecular weight is 240 g/mol. The summed E-state index contributed by atoms with van der Waals surface area (Å²) in [4.78, 5) is 2.65. The number of nitrogens with zero attached hydrogens (tertiary/aromatic N) is 1. The van der Waals surface area contributed by atoms with Gasteiger partial charge in [-0.2, -0.15) is 0 Å². The maximum Gasteiger partial charge on any atom is 0.0507 e. The van der Waals surface area contributed by atoms with E-state index in [0.29, 0.717) is 0 Å². The zero-order chi connectivity index (χ0) is 12.1. The van der Waals surface area contributed by atoms with Crippen molar-refractivity contribution in [3.63, 3.8) is 0 Å². The molecule has 0 spiro atoms. The predicted octanol–water partition coefficient (Wildman–Crippen LogP) is 1.73. The first-order valence-electron chi connectivity index (χ1n) is 7.33. The minimum absolute atomic E-state index is 0.742. The minimum Gasteiger partial charge on any atom is -0.381 e. The van der Waals surface area contributed by atoms with Gasteiger partial charge in [0.15, 0.2) is 0 Å². The van der Waals surface area contributed by atoms with E-state index in [1.807, 2.05) is 0 Å². The number of rotatable bonds is 5. The first-order chi connectivity index (χ1) is 8.29. The molecule has 1 N–H and O–H groups in total. The molecule has 0 aliphatic carbocycles. The van der Waals surface area contributed by atoms with Gasteiger partial charge in [0.2, 0.25) is 0 Å². The predicted molar refractivity (Wildman–Crippen MR) is 71.2 cm³/mol. The maximum absolute atomic E-state index is 5.46. The molecule has 0 saturated carbocycles. The quantitative estimate of drug-likeness (QED) is 0.792. The molecule has 3 nitrogen and oxygen atoms in total. The van der Waals surface area contributed by atoms with Gasteiger partial charge in [-0.1, -0.05) is 13.8 Å². The lowest BCUT2D eigenvalue weighted by Crippen LogP contribution is -2.49. The Bertz CT molecular complexity index is 216. The Morgan fingerprint density at radius 3 is 2.88 bits per heavy atom. The van der Waals surface area contributed by atoms with Crippen LogP contribution in [0.1, 0.15) is 33.1 Å². The van der Waals surface area contributed by atoms with Crippen molar-refractivity contribution in [3.05, 3.63) is 0 Å². The first kappa shape index (κ1) is 13.3. The molecular formula is C14H28N2O. The summed E-state index contributed by atoms with van der Waals surface area (Å²) in [5, 5.41) is 3.68. The second-order valence-electron chi connectivity index (χ2n) is 5.82. The van der Waals surface area contributed by atoms with Crippen molar-refractivity contribution in [2.45, 2.75) is 39.2 Å². The van der Waals surface area contributed by atoms with E-state index in [1.165, 1.54) is 45.4 Å². The van der Waals surface area contributed by atoms with E-state index in [1.54, 1.807) is 0 Å². The van der Waals surface area contributed by atoms with Gasteiger partial charge in [0.1, 0.15) is 0 Å². The van der Waals surface area contributed by atoms with E-state index < -0.39 is 0 Å². The molecule has 2 aliphatic heterocycles. The van der Waals surface area contributed by atoms with Crippen molar-refractivity contribution in [3.8, 4) is 0 Å². The largest absolute Gasteiger partial charge is 0.381 e. The monoisotopic (exact) mass is 240 g/mol. The number of piperidine rings is 1. The van der Waals surface area contributed by atoms with E-state index in [-0.39, 0.29) is 0 Å². The van der Waals surface area contributed by atoms with Crippen LogP contribution >= 0.6 is 0 Å². The Morgan fingerprint density at radius 1 is 1.35 bits per heavy atom. The molecule has 2 heterocycles. The topological polar surface area (TPSA) is 24.5 Å². The van der Waals surface area contributed by atoms with Crippen LogP contribution in [0.5, 0.6) is 0 Å². The summed E-state index contributed by atoms with van der Waals surface area (Å²) < 4.78 is 5.46. The molecule has 2 fully saturated rings. The van der Waals surface area contributed by atoms with Gasteiger partial charge in [0.25, 0.3) is 0 Å². The van der Waals surface area contributed by atoms with Crippen LogP contribution in [0.4, 0.5) is 0 Å². The lowest BCUT2D eigenvalue weighted by atomic mass is 9.93. The zero-order valence-electron chi connectivity index (χ0n) is 11.5. The fourth-order valence-corrected chi connectivity index (χ4v) is 3.12. The van der Waals surface area contributed by atoms with E-state index in [0.717, 1.165) is 31.1 Å². The van der Waals surface area contributed by atoms with Gasteiger partial charge in [0.05, 0.1) is 6.61 Å². The summed E-state index contributed by atoms with van der Waals surface area (Å²) in [5.74, 6) is 1.58. The van der Waals surface area contributed by atoms with Gasteiger partial charge in [-0.3, -0.25) is 0 Å². The summed E-state index contributed by atoms with van der Waals surface area (Å²) in [6.07, 6.45) is 3.82. The number of nitrogens with one attached hydrogen (secondary N) is 1. The van der Waals surface area contributed by atoms with Crippen molar-refractivity contribution in [1.82, 2.24) is 10.2 Å². The smallest absolute Gasteiger partial charge is 0.0507 e. The Morgan fingerprint density at radius 2 is 2.24 bits per heavy atom. The van der Waals surface area contributed by atoms with Gasteiger partial charge in [-0.25, -0.2) is 0 Å². The summed E-state index contributed by atoms with van der Waals surface area (Å²) in [5.41, 5.74) is 0. The second-order valence-corrected chi connectivity index (χ2v) is 5.82. The van der Waals surface area contributed by atoms with Crippen molar-refractivity contribution >= 4 is 0 Å². The number of hydrogen-bond acceptors (Lipinski definition) is 3. The van der Waals surface area contributed by atoms with Crippen molar-refractivity contribution < 1.29 is 4.74 Å². The van der Waals surface area contributed by atoms with Gasteiger partial charge < -0.3 is 15.0 Å². The van der Waals surface area contributed by atoms with Crippen LogP contribution in [0, 0.1) is 11.8 Å². The third kappa shape index (κ3) is 3.94. The fraction of sp³-hybridized carbons (Fsp3) is 1.00. The molecule has 100 valence electrons. The summed E-state index contributed by atoms with van der Waals surface area (Å²) >= 11 is 0. The van der Waals surface area contributed by atoms with Crippen LogP contribution in [-0.4, -0.2) is 50.3 Å². The van der Waals surface area contributed by atoms with Crippen LogP contribution in [0.3, 0.4) is 0 Å². The highest BCUT2D eigenvalue weighted by Gasteiger charge is 2.27. The molecule has 2 rings (SSSR count). The van der Waals surface area contributed by atoms with E-state index in [4.69, 9.17) is 4.74 Å². The van der Waals surface area contributed by atoms with Gasteiger partial charge >= 0.3 is 0 Å². The van der Waals surface area contributed by atoms with Crippen LogP contribution in [0.2, 0.25) is 0 Å². The molecule has 0 amide bonds. The zero-order valence-corrected chi connectivity index (χ0v) is 11.5. The SMILES string of the molecule is CCCNC1CCN(CC2CCOC2)CC1C. The normalized spacial score (nSPS) is 35.3. The molecule has 17 heavy (non-hydrogen) atoms. The second kappa shape index (κ2) is 6.72. The van der Waals surface area contributed by atoms with Gasteiger partial charge in [-0.15, -0.1) is 0 Å². The van der Waals surface area contributed by atoms with E-state index in [2.05, 4.69) is 24.1 Å². The molecular weight excluding hydrogens is 212 g/mol. The Balaban J connectivity index is 1.70. The highest BCUT2D eigenvalue weighted by molar-refractivity contribution is 4.84. The molecule has 3 heteroatoms. The highest BCUT2D eigenvalue weighted by Crippen LogP contribution is 2.20. The third-order valence-electron chi connectivity index (χ3n) is 4.19. The van der Waals surface area contributed by atoms with Gasteiger partial charge in [-0.05, 0) is 44.2 Å². The van der Waals surface area contributed by atoms with Crippen molar-refractivity contribution in [2.24, 2.45) is 11.8 Å². The highest BCUT2D eigenvalue weighted by atomic mass is 16.5. The van der Waals surface area contributed by atoms with E-state index in [9.17, 15) is 0 Å². The third-order valence-corrected chi connectivity index (χ3v) is 4.19. The lowest BCUT2D eigenvalue weighted by molar-refractivity contribution is 0.119. The molecule has 2 aliphatic rings. The Labute approximate surface area is 106 Å². The molecule has 3 atom stereocenters. The van der Waals surface area contributed by atoms with Crippen LogP contribution in [0.25, 0.3) is 0 Å². The van der Waals surface area contributed by atoms with Crippen LogP contribution in [-0.2, 0) is 4.74 Å². The maximum atomic E-state index is 5.46. The molecule has 0 aromatic rings. The first-order valence-corrected chi connectivity index (χ1v) is 7.33. The molecule has 3 unspecified atom stereocenters. The summed E-state index contributed by atoms with van der Waals surface area (Å²) in [6.45, 7) is 11.6. The molecule has 0 aromatic carbocycles. The Kier molecular flexibility index (Phi) is 5.26. The van der Waals surface area contributed by atoms with Crippen LogP contribution < -0.4 is 5.32 Å². The van der Waals surface area contributed by atoms with Crippen molar-refractivity contribution in [2.75, 3.05) is 39.4 Å². The average Bonchev–Trinajstić information content (AvgIpc) is 2.81. The molecule has 0 radical (unpaired) electrons. The van der Waals surface area contributed by atoms with Gasteiger partial charge in [0, 0.05) is 25.7 Å². The fourth-order valence-electron chi connectivity index (χ4n) is 3.12. The van der Waals surface area contributed by atoms with Crippen LogP contribution in [0.15, 0.2) is 0 Å². The minimum atomic E-state index is 0.742. The lowest BCUT2D eigenvalue weighted by Gasteiger charge is -2.38. The molecule has 0 aromatic heterocycles. The standard InChI is InChI=1S/C14H28N2O/c1-3-6-15-14-4-7-16(9-12(14)2)10-13-5-8-17-11-13/h12-15H,3-11H2,1-2H3. The van der Waals surface area contributed by atoms with E-state index >= 15 is 0 Å². The molecule has 2 saturated heterocycles. The summed E-state index contributed by atoms with van der Waals surface area (Å²) in [7, 11) is 0. The number of hydrogen-bond donors (Lipinski definition) is 1. The molecule has 0 bridgehead atoms. The number of ether oxygens (including phenoxy) is 1. The Hall–Kier alpha value is -0.120. The summed E-state index contributed by atoms with van der Waals surface area (Å²) in [6, 6.07) is 0.742.